The summed E-state index contributed by atoms with van der Waals surface area (Å²) < 4.78 is 0. The van der Waals surface area contributed by atoms with Crippen LogP contribution in [0.2, 0.25) is 0 Å². The van der Waals surface area contributed by atoms with Crippen molar-refractivity contribution in [2.45, 2.75) is 105 Å². The molecule has 3 saturated carbocycles. The molecule has 0 spiro atoms. The second kappa shape index (κ2) is 8.09. The molecule has 0 saturated heterocycles. The highest BCUT2D eigenvalue weighted by Crippen LogP contribution is 2.67. The van der Waals surface area contributed by atoms with Crippen LogP contribution in [-0.4, -0.2) is 11.7 Å². The van der Waals surface area contributed by atoms with Gasteiger partial charge in [0.2, 0.25) is 0 Å². The van der Waals surface area contributed by atoms with Gasteiger partial charge in [-0.25, -0.2) is 0 Å². The maximum absolute atomic E-state index is 9.32. The van der Waals surface area contributed by atoms with E-state index in [0.29, 0.717) is 23.4 Å². The average molecular weight is 387 g/mol. The van der Waals surface area contributed by atoms with Gasteiger partial charge >= 0.3 is 0 Å². The molecule has 0 bridgehead atoms. The molecule has 4 aliphatic carbocycles. The van der Waals surface area contributed by atoms with Crippen LogP contribution in [-0.2, 0) is 0 Å². The molecule has 0 radical (unpaired) electrons. The van der Waals surface area contributed by atoms with E-state index in [2.05, 4.69) is 33.8 Å². The van der Waals surface area contributed by atoms with Gasteiger partial charge in [0.15, 0.2) is 0 Å². The molecular weight excluding hydrogens is 340 g/mol. The van der Waals surface area contributed by atoms with Crippen molar-refractivity contribution in [3.05, 3.63) is 11.6 Å². The predicted octanol–water partition coefficient (Wildman–Crippen LogP) is 7.39. The quantitative estimate of drug-likeness (QED) is 0.472. The Kier molecular flexibility index (Phi) is 6.05. The topological polar surface area (TPSA) is 20.2 Å². The number of rotatable bonds is 6. The number of aliphatic hydroxyl groups excluding tert-OH is 1. The highest BCUT2D eigenvalue weighted by Gasteiger charge is 2.59. The number of allylic oxidation sites excluding steroid dienone is 2. The zero-order valence-corrected chi connectivity index (χ0v) is 19.2. The van der Waals surface area contributed by atoms with E-state index in [1.807, 2.05) is 5.57 Å². The van der Waals surface area contributed by atoms with Crippen molar-refractivity contribution < 1.29 is 5.11 Å². The van der Waals surface area contributed by atoms with E-state index in [1.54, 1.807) is 0 Å². The highest BCUT2D eigenvalue weighted by atomic mass is 16.3. The first kappa shape index (κ1) is 21.0. The second-order valence-electron chi connectivity index (χ2n) is 11.9. The summed E-state index contributed by atoms with van der Waals surface area (Å²) in [5.41, 5.74) is 3.01. The molecule has 1 unspecified atom stereocenters. The zero-order chi connectivity index (χ0) is 19.9. The van der Waals surface area contributed by atoms with E-state index < -0.39 is 0 Å². The van der Waals surface area contributed by atoms with E-state index in [0.717, 1.165) is 29.6 Å². The van der Waals surface area contributed by atoms with Crippen LogP contribution in [0.4, 0.5) is 0 Å². The Morgan fingerprint density at radius 3 is 2.64 bits per heavy atom. The maximum Gasteiger partial charge on any atom is 0.0456 e. The van der Waals surface area contributed by atoms with Crippen molar-refractivity contribution in [1.82, 2.24) is 0 Å². The van der Waals surface area contributed by atoms with Gasteiger partial charge < -0.3 is 5.11 Å². The second-order valence-corrected chi connectivity index (χ2v) is 11.9. The Morgan fingerprint density at radius 1 is 1.04 bits per heavy atom. The van der Waals surface area contributed by atoms with Crippen molar-refractivity contribution in [3.8, 4) is 0 Å². The Morgan fingerprint density at radius 2 is 1.86 bits per heavy atom. The summed E-state index contributed by atoms with van der Waals surface area (Å²) in [6, 6.07) is 0. The lowest BCUT2D eigenvalue weighted by Gasteiger charge is -2.58. The molecule has 0 aliphatic heterocycles. The molecule has 0 aromatic rings. The summed E-state index contributed by atoms with van der Waals surface area (Å²) in [6.07, 6.45) is 19.6. The summed E-state index contributed by atoms with van der Waals surface area (Å²) in [6.45, 7) is 10.5. The van der Waals surface area contributed by atoms with Crippen LogP contribution in [0.1, 0.15) is 105 Å². The van der Waals surface area contributed by atoms with Crippen molar-refractivity contribution in [2.24, 2.45) is 46.3 Å². The third-order valence-electron chi connectivity index (χ3n) is 10.5. The normalized spacial score (nSPS) is 44.8. The molecule has 1 nitrogen and oxygen atoms in total. The van der Waals surface area contributed by atoms with Gasteiger partial charge in [-0.2, -0.15) is 0 Å². The van der Waals surface area contributed by atoms with Gasteiger partial charge in [-0.15, -0.1) is 0 Å². The zero-order valence-electron chi connectivity index (χ0n) is 19.2. The fraction of sp³-hybridized carbons (Fsp3) is 0.926. The predicted molar refractivity (Wildman–Crippen MR) is 119 cm³/mol. The van der Waals surface area contributed by atoms with Crippen molar-refractivity contribution in [3.63, 3.8) is 0 Å². The van der Waals surface area contributed by atoms with E-state index in [4.69, 9.17) is 0 Å². The highest BCUT2D eigenvalue weighted by molar-refractivity contribution is 5.23. The van der Waals surface area contributed by atoms with Crippen LogP contribution in [0, 0.1) is 46.3 Å². The Labute approximate surface area is 174 Å². The van der Waals surface area contributed by atoms with Crippen LogP contribution in [0.15, 0.2) is 11.6 Å². The average Bonchev–Trinajstić information content (AvgIpc) is 3.04. The Balaban J connectivity index is 1.45. The first-order chi connectivity index (χ1) is 13.4. The summed E-state index contributed by atoms with van der Waals surface area (Å²) in [4.78, 5) is 0. The molecule has 0 heterocycles. The third kappa shape index (κ3) is 3.42. The lowest BCUT2D eigenvalue weighted by molar-refractivity contribution is -0.0592. The van der Waals surface area contributed by atoms with E-state index in [1.165, 1.54) is 77.0 Å². The lowest BCUT2D eigenvalue weighted by Crippen LogP contribution is -2.50. The first-order valence-electron chi connectivity index (χ1n) is 12.7. The smallest absolute Gasteiger partial charge is 0.0456 e. The van der Waals surface area contributed by atoms with Crippen molar-refractivity contribution in [1.29, 1.82) is 0 Å². The van der Waals surface area contributed by atoms with Crippen LogP contribution in [0.3, 0.4) is 0 Å². The van der Waals surface area contributed by atoms with Crippen LogP contribution in [0.5, 0.6) is 0 Å². The molecule has 28 heavy (non-hydrogen) atoms. The molecule has 0 amide bonds. The molecule has 1 N–H and O–H groups in total. The molecule has 8 atom stereocenters. The minimum Gasteiger partial charge on any atom is -0.396 e. The summed E-state index contributed by atoms with van der Waals surface area (Å²) >= 11 is 0. The van der Waals surface area contributed by atoms with Crippen molar-refractivity contribution in [2.75, 3.05) is 6.61 Å². The Hall–Kier alpha value is -0.300. The first-order valence-corrected chi connectivity index (χ1v) is 12.7. The van der Waals surface area contributed by atoms with Crippen LogP contribution >= 0.6 is 0 Å². The summed E-state index contributed by atoms with van der Waals surface area (Å²) in [5.74, 6) is 5.27. The lowest BCUT2D eigenvalue weighted by atomic mass is 9.46. The van der Waals surface area contributed by atoms with Gasteiger partial charge in [0.05, 0.1) is 0 Å². The van der Waals surface area contributed by atoms with Crippen LogP contribution < -0.4 is 0 Å². The van der Waals surface area contributed by atoms with Crippen LogP contribution in [0.25, 0.3) is 0 Å². The van der Waals surface area contributed by atoms with E-state index in [-0.39, 0.29) is 0 Å². The SMILES string of the molecule is CC(CO)CCC[C@@H](C)[C@H]1CC[C@H]2[C@@H]3CCC4=CCCC[C@]4(C)[C@H]3CC[C@]12C. The number of hydrogen-bond acceptors (Lipinski definition) is 1. The van der Waals surface area contributed by atoms with Gasteiger partial charge in [0.1, 0.15) is 0 Å². The molecule has 160 valence electrons. The van der Waals surface area contributed by atoms with Gasteiger partial charge in [-0.05, 0) is 111 Å². The summed E-state index contributed by atoms with van der Waals surface area (Å²) in [5, 5.41) is 9.32. The number of hydrogen-bond donors (Lipinski definition) is 1. The standard InChI is InChI=1S/C27H46O/c1-19(18-28)8-7-9-20(2)23-13-14-24-22-12-11-21-10-5-6-16-26(21,3)25(22)15-17-27(23,24)4/h10,19-20,22-25,28H,5-9,11-18H2,1-4H3/t19?,20-,22+,23-,24+,25+,26+,27-/m1/s1. The maximum atomic E-state index is 9.32. The Bertz CT molecular complexity index is 579. The minimum absolute atomic E-state index is 0.357. The monoisotopic (exact) mass is 386 g/mol. The fourth-order valence-electron chi connectivity index (χ4n) is 8.81. The van der Waals surface area contributed by atoms with Gasteiger partial charge in [-0.3, -0.25) is 0 Å². The molecule has 4 aliphatic rings. The largest absolute Gasteiger partial charge is 0.396 e. The molecule has 0 aromatic heterocycles. The number of aliphatic hydroxyl groups is 1. The van der Waals surface area contributed by atoms with Gasteiger partial charge in [0, 0.05) is 6.61 Å². The van der Waals surface area contributed by atoms with E-state index >= 15 is 0 Å². The minimum atomic E-state index is 0.357. The summed E-state index contributed by atoms with van der Waals surface area (Å²) in [7, 11) is 0. The van der Waals surface area contributed by atoms with Crippen molar-refractivity contribution >= 4 is 0 Å². The number of fused-ring (bicyclic) bond motifs is 5. The molecule has 1 heteroatoms. The third-order valence-corrected chi connectivity index (χ3v) is 10.5. The van der Waals surface area contributed by atoms with E-state index in [9.17, 15) is 5.11 Å². The molecule has 0 aromatic carbocycles. The molecular formula is C27H46O. The fourth-order valence-corrected chi connectivity index (χ4v) is 8.81. The van der Waals surface area contributed by atoms with Gasteiger partial charge in [0.25, 0.3) is 0 Å². The van der Waals surface area contributed by atoms with Gasteiger partial charge in [-0.1, -0.05) is 52.2 Å². The molecule has 3 fully saturated rings. The molecule has 4 rings (SSSR count).